The summed E-state index contributed by atoms with van der Waals surface area (Å²) in [5.74, 6) is -0.796. The first-order valence-corrected chi connectivity index (χ1v) is 8.45. The summed E-state index contributed by atoms with van der Waals surface area (Å²) in [4.78, 5) is 35.3. The van der Waals surface area contributed by atoms with Crippen molar-refractivity contribution in [3.63, 3.8) is 0 Å². The maximum absolute atomic E-state index is 12.4. The SMILES string of the molecule is CC1CC1C(=O)Nc1cccc(C(=O)Nc2cccc(CC(=O)O)c2)c1. The van der Waals surface area contributed by atoms with E-state index < -0.39 is 5.97 Å². The zero-order valence-corrected chi connectivity index (χ0v) is 14.4. The third-order valence-electron chi connectivity index (χ3n) is 4.38. The average molecular weight is 352 g/mol. The molecule has 26 heavy (non-hydrogen) atoms. The monoisotopic (exact) mass is 352 g/mol. The van der Waals surface area contributed by atoms with Crippen LogP contribution >= 0.6 is 0 Å². The van der Waals surface area contributed by atoms with Gasteiger partial charge in [0.25, 0.3) is 5.91 Å². The number of rotatable bonds is 6. The van der Waals surface area contributed by atoms with E-state index in [1.54, 1.807) is 48.5 Å². The highest BCUT2D eigenvalue weighted by Gasteiger charge is 2.39. The first kappa shape index (κ1) is 17.7. The first-order valence-electron chi connectivity index (χ1n) is 8.45. The third-order valence-corrected chi connectivity index (χ3v) is 4.38. The van der Waals surface area contributed by atoms with Crippen LogP contribution in [0.5, 0.6) is 0 Å². The lowest BCUT2D eigenvalue weighted by Crippen LogP contribution is -2.16. The fourth-order valence-corrected chi connectivity index (χ4v) is 2.80. The maximum Gasteiger partial charge on any atom is 0.307 e. The molecule has 2 atom stereocenters. The highest BCUT2D eigenvalue weighted by molar-refractivity contribution is 6.05. The van der Waals surface area contributed by atoms with E-state index in [1.807, 2.05) is 6.92 Å². The standard InChI is InChI=1S/C20H20N2O4/c1-12-8-17(12)20(26)22-16-7-3-5-14(11-16)19(25)21-15-6-2-4-13(9-15)10-18(23)24/h2-7,9,11-12,17H,8,10H2,1H3,(H,21,25)(H,22,26)(H,23,24). The second-order valence-electron chi connectivity index (χ2n) is 6.61. The molecule has 1 aliphatic carbocycles. The number of aliphatic carboxylic acids is 1. The summed E-state index contributed by atoms with van der Waals surface area (Å²) in [6.07, 6.45) is 0.795. The van der Waals surface area contributed by atoms with Gasteiger partial charge in [0.05, 0.1) is 6.42 Å². The zero-order valence-electron chi connectivity index (χ0n) is 14.4. The molecule has 2 aromatic rings. The van der Waals surface area contributed by atoms with Gasteiger partial charge in [-0.2, -0.15) is 0 Å². The van der Waals surface area contributed by atoms with Crippen LogP contribution in [0, 0.1) is 11.8 Å². The number of carboxylic acids is 1. The summed E-state index contributed by atoms with van der Waals surface area (Å²) in [5, 5.41) is 14.4. The van der Waals surface area contributed by atoms with E-state index in [1.165, 1.54) is 0 Å². The van der Waals surface area contributed by atoms with E-state index in [0.717, 1.165) is 6.42 Å². The summed E-state index contributed by atoms with van der Waals surface area (Å²) >= 11 is 0. The van der Waals surface area contributed by atoms with Crippen molar-refractivity contribution < 1.29 is 19.5 Å². The Morgan fingerprint density at radius 1 is 1.04 bits per heavy atom. The molecular formula is C20H20N2O4. The number of carboxylic acid groups (broad SMARTS) is 1. The number of amides is 2. The summed E-state index contributed by atoms with van der Waals surface area (Å²) < 4.78 is 0. The molecule has 0 bridgehead atoms. The van der Waals surface area contributed by atoms with Crippen LogP contribution < -0.4 is 10.6 Å². The summed E-state index contributed by atoms with van der Waals surface area (Å²) in [6, 6.07) is 13.5. The molecule has 1 aliphatic rings. The van der Waals surface area contributed by atoms with Crippen molar-refractivity contribution >= 4 is 29.2 Å². The van der Waals surface area contributed by atoms with Crippen molar-refractivity contribution in [3.8, 4) is 0 Å². The largest absolute Gasteiger partial charge is 0.481 e. The highest BCUT2D eigenvalue weighted by Crippen LogP contribution is 2.38. The molecule has 0 heterocycles. The minimum absolute atomic E-state index is 0.0172. The normalized spacial score (nSPS) is 18.0. The Bertz CT molecular complexity index is 862. The summed E-state index contributed by atoms with van der Waals surface area (Å²) in [7, 11) is 0. The van der Waals surface area contributed by atoms with E-state index in [2.05, 4.69) is 10.6 Å². The number of carbonyl (C=O) groups excluding carboxylic acids is 2. The number of anilines is 2. The highest BCUT2D eigenvalue weighted by atomic mass is 16.4. The average Bonchev–Trinajstić information content (AvgIpc) is 3.32. The molecule has 0 saturated heterocycles. The Morgan fingerprint density at radius 3 is 2.35 bits per heavy atom. The van der Waals surface area contributed by atoms with Crippen molar-refractivity contribution in [2.45, 2.75) is 19.8 Å². The molecule has 1 saturated carbocycles. The third kappa shape index (κ3) is 4.47. The van der Waals surface area contributed by atoms with Crippen LogP contribution in [0.25, 0.3) is 0 Å². The van der Waals surface area contributed by atoms with Gasteiger partial charge in [-0.05, 0) is 48.2 Å². The minimum Gasteiger partial charge on any atom is -0.481 e. The van der Waals surface area contributed by atoms with Gasteiger partial charge in [0, 0.05) is 22.9 Å². The van der Waals surface area contributed by atoms with Gasteiger partial charge in [0.15, 0.2) is 0 Å². The van der Waals surface area contributed by atoms with E-state index in [0.29, 0.717) is 28.4 Å². The van der Waals surface area contributed by atoms with E-state index in [-0.39, 0.29) is 24.2 Å². The van der Waals surface area contributed by atoms with Crippen molar-refractivity contribution in [2.75, 3.05) is 10.6 Å². The van der Waals surface area contributed by atoms with Crippen LogP contribution in [0.1, 0.15) is 29.3 Å². The molecule has 3 N–H and O–H groups in total. The van der Waals surface area contributed by atoms with Gasteiger partial charge < -0.3 is 15.7 Å². The predicted octanol–water partition coefficient (Wildman–Crippen LogP) is 3.16. The van der Waals surface area contributed by atoms with Crippen molar-refractivity contribution in [3.05, 3.63) is 59.7 Å². The van der Waals surface area contributed by atoms with Crippen LogP contribution in [0.15, 0.2) is 48.5 Å². The number of carbonyl (C=O) groups is 3. The molecule has 2 amide bonds. The first-order chi connectivity index (χ1) is 12.4. The lowest BCUT2D eigenvalue weighted by atomic mass is 10.1. The fourth-order valence-electron chi connectivity index (χ4n) is 2.80. The van der Waals surface area contributed by atoms with E-state index >= 15 is 0 Å². The maximum atomic E-state index is 12.4. The van der Waals surface area contributed by atoms with Crippen LogP contribution in [-0.4, -0.2) is 22.9 Å². The van der Waals surface area contributed by atoms with Crippen LogP contribution in [0.3, 0.4) is 0 Å². The van der Waals surface area contributed by atoms with Gasteiger partial charge in [-0.1, -0.05) is 25.1 Å². The van der Waals surface area contributed by atoms with Gasteiger partial charge in [0.1, 0.15) is 0 Å². The quantitative estimate of drug-likeness (QED) is 0.744. The van der Waals surface area contributed by atoms with Gasteiger partial charge in [-0.25, -0.2) is 0 Å². The molecule has 134 valence electrons. The second-order valence-corrected chi connectivity index (χ2v) is 6.61. The molecule has 2 unspecified atom stereocenters. The van der Waals surface area contributed by atoms with Crippen molar-refractivity contribution in [1.82, 2.24) is 0 Å². The number of hydrogen-bond acceptors (Lipinski definition) is 3. The molecule has 6 heteroatoms. The Labute approximate surface area is 151 Å². The molecular weight excluding hydrogens is 332 g/mol. The molecule has 3 rings (SSSR count). The van der Waals surface area contributed by atoms with Crippen molar-refractivity contribution in [1.29, 1.82) is 0 Å². The van der Waals surface area contributed by atoms with Crippen molar-refractivity contribution in [2.24, 2.45) is 11.8 Å². The van der Waals surface area contributed by atoms with Gasteiger partial charge in [-0.15, -0.1) is 0 Å². The molecule has 0 aliphatic heterocycles. The van der Waals surface area contributed by atoms with E-state index in [9.17, 15) is 14.4 Å². The predicted molar refractivity (Wildman–Crippen MR) is 98.1 cm³/mol. The number of hydrogen-bond donors (Lipinski definition) is 3. The molecule has 0 radical (unpaired) electrons. The molecule has 0 spiro atoms. The summed E-state index contributed by atoms with van der Waals surface area (Å²) in [6.45, 7) is 2.03. The topological polar surface area (TPSA) is 95.5 Å². The number of nitrogens with one attached hydrogen (secondary N) is 2. The van der Waals surface area contributed by atoms with Crippen LogP contribution in [0.4, 0.5) is 11.4 Å². The Hall–Kier alpha value is -3.15. The molecule has 0 aromatic heterocycles. The number of benzene rings is 2. The molecule has 2 aromatic carbocycles. The Balaban J connectivity index is 1.67. The lowest BCUT2D eigenvalue weighted by molar-refractivity contribution is -0.136. The van der Waals surface area contributed by atoms with Crippen LogP contribution in [-0.2, 0) is 16.0 Å². The Morgan fingerprint density at radius 2 is 1.69 bits per heavy atom. The summed E-state index contributed by atoms with van der Waals surface area (Å²) in [5.41, 5.74) is 2.13. The minimum atomic E-state index is -0.929. The van der Waals surface area contributed by atoms with Gasteiger partial charge >= 0.3 is 5.97 Å². The van der Waals surface area contributed by atoms with Gasteiger partial charge in [0.2, 0.25) is 5.91 Å². The van der Waals surface area contributed by atoms with E-state index in [4.69, 9.17) is 5.11 Å². The van der Waals surface area contributed by atoms with Crippen LogP contribution in [0.2, 0.25) is 0 Å². The molecule has 1 fully saturated rings. The molecule has 6 nitrogen and oxygen atoms in total. The zero-order chi connectivity index (χ0) is 18.7. The Kier molecular flexibility index (Phi) is 5.02. The van der Waals surface area contributed by atoms with Gasteiger partial charge in [-0.3, -0.25) is 14.4 Å². The second kappa shape index (κ2) is 7.39. The smallest absolute Gasteiger partial charge is 0.307 e. The lowest BCUT2D eigenvalue weighted by Gasteiger charge is -2.09. The fraction of sp³-hybridized carbons (Fsp3) is 0.250.